The summed E-state index contributed by atoms with van der Waals surface area (Å²) in [6.45, 7) is 8.09. The van der Waals surface area contributed by atoms with Gasteiger partial charge in [-0.25, -0.2) is 0 Å². The van der Waals surface area contributed by atoms with E-state index in [0.717, 1.165) is 18.8 Å². The van der Waals surface area contributed by atoms with Gasteiger partial charge in [-0.15, -0.1) is 0 Å². The smallest absolute Gasteiger partial charge is 0.0779 e. The molecule has 1 aliphatic rings. The highest BCUT2D eigenvalue weighted by molar-refractivity contribution is 6.77. The molecule has 0 aromatic heterocycles. The van der Waals surface area contributed by atoms with Crippen molar-refractivity contribution in [1.29, 1.82) is 0 Å². The van der Waals surface area contributed by atoms with E-state index in [1.807, 2.05) is 0 Å². The maximum atomic E-state index is 5.46. The van der Waals surface area contributed by atoms with Gasteiger partial charge in [-0.1, -0.05) is 26.1 Å². The molecule has 0 spiro atoms. The Morgan fingerprint density at radius 2 is 2.11 bits per heavy atom. The van der Waals surface area contributed by atoms with E-state index < -0.39 is 8.07 Å². The van der Waals surface area contributed by atoms with Crippen molar-refractivity contribution < 1.29 is 4.74 Å². The second-order valence-electron chi connectivity index (χ2n) is 3.99. The van der Waals surface area contributed by atoms with Gasteiger partial charge in [0.05, 0.1) is 8.07 Å². The van der Waals surface area contributed by atoms with Crippen LogP contribution in [0.15, 0.2) is 0 Å². The van der Waals surface area contributed by atoms with E-state index in [-0.39, 0.29) is 0 Å². The zero-order valence-corrected chi connectivity index (χ0v) is 7.61. The second-order valence-corrected chi connectivity index (χ2v) is 9.01. The molecule has 1 heterocycles. The second kappa shape index (κ2) is 2.43. The molecule has 0 N–H and O–H groups in total. The minimum Gasteiger partial charge on any atom is -0.384 e. The zero-order chi connectivity index (χ0) is 6.91. The Hall–Kier alpha value is 0.177. The highest BCUT2D eigenvalue weighted by Gasteiger charge is 2.27. The molecule has 0 bridgehead atoms. The van der Waals surface area contributed by atoms with Crippen LogP contribution in [0.2, 0.25) is 19.1 Å². The van der Waals surface area contributed by atoms with Gasteiger partial charge in [-0.05, 0) is 5.92 Å². The van der Waals surface area contributed by atoms with Crippen LogP contribution in [-0.2, 0) is 4.74 Å². The third kappa shape index (κ3) is 2.10. The Labute approximate surface area is 58.4 Å². The van der Waals surface area contributed by atoms with Crippen molar-refractivity contribution >= 4 is 8.07 Å². The van der Waals surface area contributed by atoms with Gasteiger partial charge in [0, 0.05) is 12.8 Å². The standard InChI is InChI=1S/C7H16OSi/c1-7-4-8-6-9(2,3)5-7/h7H,4-6H2,1-3H3/t7-/m0/s1. The first-order valence-corrected chi connectivity index (χ1v) is 7.09. The molecule has 0 aromatic rings. The average Bonchev–Trinajstić information content (AvgIpc) is 1.60. The fourth-order valence-corrected chi connectivity index (χ4v) is 4.39. The van der Waals surface area contributed by atoms with Gasteiger partial charge in [-0.2, -0.15) is 0 Å². The molecule has 54 valence electrons. The average molecular weight is 144 g/mol. The van der Waals surface area contributed by atoms with E-state index >= 15 is 0 Å². The topological polar surface area (TPSA) is 9.23 Å². The lowest BCUT2D eigenvalue weighted by molar-refractivity contribution is 0.127. The summed E-state index contributed by atoms with van der Waals surface area (Å²) in [5.41, 5.74) is 0. The predicted octanol–water partition coefficient (Wildman–Crippen LogP) is 1.90. The third-order valence-electron chi connectivity index (χ3n) is 1.80. The van der Waals surface area contributed by atoms with Gasteiger partial charge in [0.15, 0.2) is 0 Å². The first-order valence-electron chi connectivity index (χ1n) is 3.68. The summed E-state index contributed by atoms with van der Waals surface area (Å²) in [5.74, 6) is 0.820. The maximum Gasteiger partial charge on any atom is 0.0779 e. The van der Waals surface area contributed by atoms with Crippen molar-refractivity contribution in [3.8, 4) is 0 Å². The summed E-state index contributed by atoms with van der Waals surface area (Å²) in [4.78, 5) is 0. The molecule has 1 fully saturated rings. The lowest BCUT2D eigenvalue weighted by Crippen LogP contribution is -2.40. The molecule has 9 heavy (non-hydrogen) atoms. The summed E-state index contributed by atoms with van der Waals surface area (Å²) in [6, 6.07) is 1.45. The van der Waals surface area contributed by atoms with Crippen molar-refractivity contribution in [2.45, 2.75) is 26.1 Å². The number of ether oxygens (including phenoxy) is 1. The lowest BCUT2D eigenvalue weighted by atomic mass is 10.2. The van der Waals surface area contributed by atoms with E-state index in [2.05, 4.69) is 20.0 Å². The largest absolute Gasteiger partial charge is 0.384 e. The van der Waals surface area contributed by atoms with Gasteiger partial charge < -0.3 is 4.74 Å². The van der Waals surface area contributed by atoms with Gasteiger partial charge in [-0.3, -0.25) is 0 Å². The fraction of sp³-hybridized carbons (Fsp3) is 1.00. The Bertz CT molecular complexity index is 101. The van der Waals surface area contributed by atoms with Crippen molar-refractivity contribution in [2.24, 2.45) is 5.92 Å². The molecule has 1 aliphatic heterocycles. The van der Waals surface area contributed by atoms with Gasteiger partial charge >= 0.3 is 0 Å². The minimum atomic E-state index is -0.876. The maximum absolute atomic E-state index is 5.46. The normalized spacial score (nSPS) is 34.3. The van der Waals surface area contributed by atoms with E-state index in [4.69, 9.17) is 4.74 Å². The highest BCUT2D eigenvalue weighted by Crippen LogP contribution is 2.22. The third-order valence-corrected chi connectivity index (χ3v) is 4.58. The monoisotopic (exact) mass is 144 g/mol. The highest BCUT2D eigenvalue weighted by atomic mass is 28.3. The van der Waals surface area contributed by atoms with Crippen LogP contribution >= 0.6 is 0 Å². The molecule has 0 aliphatic carbocycles. The molecule has 1 saturated heterocycles. The van der Waals surface area contributed by atoms with E-state index in [1.165, 1.54) is 6.04 Å². The number of rotatable bonds is 0. The molecule has 0 unspecified atom stereocenters. The quantitative estimate of drug-likeness (QED) is 0.472. The van der Waals surface area contributed by atoms with E-state index in [1.54, 1.807) is 0 Å². The minimum absolute atomic E-state index is 0.820. The lowest BCUT2D eigenvalue weighted by Gasteiger charge is -2.31. The van der Waals surface area contributed by atoms with Crippen molar-refractivity contribution in [3.05, 3.63) is 0 Å². The van der Waals surface area contributed by atoms with Crippen molar-refractivity contribution in [3.63, 3.8) is 0 Å². The Morgan fingerprint density at radius 3 is 2.44 bits per heavy atom. The van der Waals surface area contributed by atoms with Crippen molar-refractivity contribution in [2.75, 3.05) is 12.8 Å². The molecule has 2 heteroatoms. The summed E-state index contributed by atoms with van der Waals surface area (Å²) >= 11 is 0. The summed E-state index contributed by atoms with van der Waals surface area (Å²) in [7, 11) is -0.876. The molecule has 1 nitrogen and oxygen atoms in total. The first kappa shape index (κ1) is 7.29. The molecule has 0 saturated carbocycles. The van der Waals surface area contributed by atoms with Gasteiger partial charge in [0.2, 0.25) is 0 Å². The Kier molecular flexibility index (Phi) is 1.96. The van der Waals surface area contributed by atoms with E-state index in [0.29, 0.717) is 0 Å². The van der Waals surface area contributed by atoms with Crippen LogP contribution in [0, 0.1) is 5.92 Å². The SMILES string of the molecule is C[C@H]1COC[Si](C)(C)C1. The van der Waals surface area contributed by atoms with Crippen LogP contribution in [0.1, 0.15) is 6.92 Å². The van der Waals surface area contributed by atoms with Crippen LogP contribution < -0.4 is 0 Å². The van der Waals surface area contributed by atoms with E-state index in [9.17, 15) is 0 Å². The fourth-order valence-electron chi connectivity index (χ4n) is 1.60. The molecule has 0 aromatic carbocycles. The molecular formula is C7H16OSi. The summed E-state index contributed by atoms with van der Waals surface area (Å²) in [5, 5.41) is 0. The molecule has 0 radical (unpaired) electrons. The molecule has 1 rings (SSSR count). The van der Waals surface area contributed by atoms with Gasteiger partial charge in [0.1, 0.15) is 0 Å². The summed E-state index contributed by atoms with van der Waals surface area (Å²) < 4.78 is 5.46. The zero-order valence-electron chi connectivity index (χ0n) is 6.61. The van der Waals surface area contributed by atoms with Crippen LogP contribution in [0.5, 0.6) is 0 Å². The molecule has 1 atom stereocenters. The van der Waals surface area contributed by atoms with Crippen LogP contribution in [-0.4, -0.2) is 20.9 Å². The summed E-state index contributed by atoms with van der Waals surface area (Å²) in [6.07, 6.45) is 1.08. The number of hydrogen-bond acceptors (Lipinski definition) is 1. The molecular weight excluding hydrogens is 128 g/mol. The number of hydrogen-bond donors (Lipinski definition) is 0. The van der Waals surface area contributed by atoms with Crippen LogP contribution in [0.25, 0.3) is 0 Å². The van der Waals surface area contributed by atoms with Crippen LogP contribution in [0.3, 0.4) is 0 Å². The first-order chi connectivity index (χ1) is 4.10. The predicted molar refractivity (Wildman–Crippen MR) is 42.3 cm³/mol. The molecule has 0 amide bonds. The Balaban J connectivity index is 2.41. The Morgan fingerprint density at radius 1 is 1.44 bits per heavy atom. The van der Waals surface area contributed by atoms with Crippen molar-refractivity contribution in [1.82, 2.24) is 0 Å². The van der Waals surface area contributed by atoms with Gasteiger partial charge in [0.25, 0.3) is 0 Å². The van der Waals surface area contributed by atoms with Crippen LogP contribution in [0.4, 0.5) is 0 Å².